The number of halogens is 1. The van der Waals surface area contributed by atoms with Crippen LogP contribution in [-0.2, 0) is 14.3 Å². The monoisotopic (exact) mass is 678 g/mol. The molecule has 9 nitrogen and oxygen atoms in total. The average Bonchev–Trinajstić information content (AvgIpc) is 3.60. The zero-order valence-electron chi connectivity index (χ0n) is 24.9. The van der Waals surface area contributed by atoms with Gasteiger partial charge in [0, 0.05) is 11.6 Å². The summed E-state index contributed by atoms with van der Waals surface area (Å²) in [4.78, 5) is 44.6. The third-order valence-corrected chi connectivity index (χ3v) is 8.80. The fourth-order valence-electron chi connectivity index (χ4n) is 5.18. The SMILES string of the molecule is CCCC1=C(C(=O)OCC)[C@H](c2ccc(OC)c(Br)c2)n2c(s/c(=C/c3ccc(-c4ccc(C(=O)OC)cc4C)o3)c2=O)=N1. The first-order chi connectivity index (χ1) is 21.2. The van der Waals surface area contributed by atoms with E-state index >= 15 is 0 Å². The van der Waals surface area contributed by atoms with Crippen molar-refractivity contribution in [2.45, 2.75) is 39.7 Å². The summed E-state index contributed by atoms with van der Waals surface area (Å²) in [5.74, 6) is 0.775. The minimum absolute atomic E-state index is 0.191. The molecule has 2 aromatic carbocycles. The van der Waals surface area contributed by atoms with Crippen LogP contribution in [0.4, 0.5) is 0 Å². The van der Waals surface area contributed by atoms with Gasteiger partial charge in [0.2, 0.25) is 0 Å². The summed E-state index contributed by atoms with van der Waals surface area (Å²) in [5, 5.41) is 0. The molecule has 228 valence electrons. The van der Waals surface area contributed by atoms with Crippen LogP contribution in [0.15, 0.2) is 78.5 Å². The normalized spacial score (nSPS) is 14.7. The standard InChI is InChI=1S/C33H31BrN2O7S/c1-6-8-24-28(32(39)42-7-2)29(19-10-13-26(40-4)23(34)16-19)36-30(37)27(44-33(36)35-24)17-21-11-14-25(43-21)22-12-9-20(15-18(22)3)31(38)41-5/h9-17,29H,6-8H2,1-5H3/b27-17+/t29-/m0/s1. The highest BCUT2D eigenvalue weighted by atomic mass is 79.9. The van der Waals surface area contributed by atoms with Gasteiger partial charge in [-0.15, -0.1) is 0 Å². The summed E-state index contributed by atoms with van der Waals surface area (Å²) in [6.45, 7) is 5.84. The summed E-state index contributed by atoms with van der Waals surface area (Å²) < 4.78 is 24.5. The zero-order chi connectivity index (χ0) is 31.5. The molecule has 0 saturated heterocycles. The van der Waals surface area contributed by atoms with Gasteiger partial charge in [0.15, 0.2) is 4.80 Å². The van der Waals surface area contributed by atoms with Gasteiger partial charge in [-0.3, -0.25) is 9.36 Å². The number of aryl methyl sites for hydroxylation is 1. The topological polar surface area (TPSA) is 109 Å². The molecule has 44 heavy (non-hydrogen) atoms. The lowest BCUT2D eigenvalue weighted by Gasteiger charge is -2.26. The van der Waals surface area contributed by atoms with E-state index in [2.05, 4.69) is 15.9 Å². The van der Waals surface area contributed by atoms with E-state index in [1.165, 1.54) is 18.4 Å². The van der Waals surface area contributed by atoms with Crippen LogP contribution in [-0.4, -0.2) is 37.3 Å². The van der Waals surface area contributed by atoms with Crippen molar-refractivity contribution in [2.24, 2.45) is 4.99 Å². The fraction of sp³-hybridized carbons (Fsp3) is 0.273. The molecule has 0 amide bonds. The molecule has 3 heterocycles. The summed E-state index contributed by atoms with van der Waals surface area (Å²) in [5.41, 5.74) is 3.45. The smallest absolute Gasteiger partial charge is 0.338 e. The van der Waals surface area contributed by atoms with Crippen molar-refractivity contribution in [1.29, 1.82) is 0 Å². The first kappa shape index (κ1) is 31.2. The van der Waals surface area contributed by atoms with Crippen molar-refractivity contribution in [3.63, 3.8) is 0 Å². The Balaban J connectivity index is 1.64. The largest absolute Gasteiger partial charge is 0.496 e. The first-order valence-electron chi connectivity index (χ1n) is 14.0. The van der Waals surface area contributed by atoms with Crippen molar-refractivity contribution in [3.8, 4) is 17.1 Å². The molecule has 1 aliphatic heterocycles. The Morgan fingerprint density at radius 1 is 1.09 bits per heavy atom. The number of thiazole rings is 1. The van der Waals surface area contributed by atoms with Crippen LogP contribution in [0.5, 0.6) is 5.75 Å². The number of methoxy groups -OCH3 is 2. The number of hydrogen-bond donors (Lipinski definition) is 0. The number of hydrogen-bond acceptors (Lipinski definition) is 9. The van der Waals surface area contributed by atoms with Crippen LogP contribution < -0.4 is 19.6 Å². The second-order valence-corrected chi connectivity index (χ2v) is 11.9. The molecule has 4 aromatic rings. The maximum Gasteiger partial charge on any atom is 0.338 e. The average molecular weight is 680 g/mol. The Kier molecular flexibility index (Phi) is 9.36. The molecule has 1 aliphatic rings. The third kappa shape index (κ3) is 5.94. The van der Waals surface area contributed by atoms with Gasteiger partial charge in [0.25, 0.3) is 5.56 Å². The second-order valence-electron chi connectivity index (χ2n) is 10.0. The summed E-state index contributed by atoms with van der Waals surface area (Å²) in [6, 6.07) is 13.6. The Morgan fingerprint density at radius 3 is 2.55 bits per heavy atom. The molecule has 0 aliphatic carbocycles. The van der Waals surface area contributed by atoms with Crippen LogP contribution in [0.1, 0.15) is 60.0 Å². The number of rotatable bonds is 9. The van der Waals surface area contributed by atoms with E-state index in [4.69, 9.17) is 23.6 Å². The summed E-state index contributed by atoms with van der Waals surface area (Å²) in [6.07, 6.45) is 2.98. The Labute approximate surface area is 266 Å². The maximum absolute atomic E-state index is 14.0. The van der Waals surface area contributed by atoms with E-state index in [-0.39, 0.29) is 12.2 Å². The van der Waals surface area contributed by atoms with Gasteiger partial charge >= 0.3 is 11.9 Å². The molecule has 0 unspecified atom stereocenters. The Bertz CT molecular complexity index is 1970. The number of fused-ring (bicyclic) bond motifs is 1. The maximum atomic E-state index is 14.0. The van der Waals surface area contributed by atoms with Gasteiger partial charge in [-0.25, -0.2) is 14.6 Å². The number of furan rings is 1. The lowest BCUT2D eigenvalue weighted by Crippen LogP contribution is -2.40. The molecule has 2 aromatic heterocycles. The fourth-order valence-corrected chi connectivity index (χ4v) is 6.74. The minimum Gasteiger partial charge on any atom is -0.496 e. The zero-order valence-corrected chi connectivity index (χ0v) is 27.3. The van der Waals surface area contributed by atoms with Crippen LogP contribution in [0.3, 0.4) is 0 Å². The van der Waals surface area contributed by atoms with Crippen molar-refractivity contribution in [3.05, 3.63) is 106 Å². The van der Waals surface area contributed by atoms with Crippen LogP contribution in [0, 0.1) is 6.92 Å². The number of allylic oxidation sites excluding steroid dienone is 1. The summed E-state index contributed by atoms with van der Waals surface area (Å²) in [7, 11) is 2.92. The van der Waals surface area contributed by atoms with E-state index in [9.17, 15) is 14.4 Å². The number of esters is 2. The molecule has 0 radical (unpaired) electrons. The molecule has 0 bridgehead atoms. The molecular formula is C33H31BrN2O7S. The van der Waals surface area contributed by atoms with Gasteiger partial charge in [0.05, 0.1) is 52.7 Å². The second kappa shape index (κ2) is 13.2. The molecule has 11 heteroatoms. The summed E-state index contributed by atoms with van der Waals surface area (Å²) >= 11 is 4.78. The van der Waals surface area contributed by atoms with Gasteiger partial charge in [-0.1, -0.05) is 36.8 Å². The predicted octanol–water partition coefficient (Wildman–Crippen LogP) is 5.70. The highest BCUT2D eigenvalue weighted by Gasteiger charge is 2.34. The van der Waals surface area contributed by atoms with Crippen LogP contribution in [0.2, 0.25) is 0 Å². The Morgan fingerprint density at radius 2 is 1.89 bits per heavy atom. The number of carbonyl (C=O) groups excluding carboxylic acids is 2. The third-order valence-electron chi connectivity index (χ3n) is 7.20. The van der Waals surface area contributed by atoms with Crippen molar-refractivity contribution >= 4 is 45.3 Å². The van der Waals surface area contributed by atoms with Crippen LogP contribution in [0.25, 0.3) is 17.4 Å². The van der Waals surface area contributed by atoms with Gasteiger partial charge in [0.1, 0.15) is 17.3 Å². The molecule has 0 spiro atoms. The van der Waals surface area contributed by atoms with E-state index in [1.807, 2.05) is 32.0 Å². The molecular weight excluding hydrogens is 648 g/mol. The number of nitrogens with zero attached hydrogens (tertiary/aromatic N) is 2. The van der Waals surface area contributed by atoms with Gasteiger partial charge < -0.3 is 18.6 Å². The van der Waals surface area contributed by atoms with E-state index < -0.39 is 18.0 Å². The molecule has 0 N–H and O–H groups in total. The molecule has 1 atom stereocenters. The van der Waals surface area contributed by atoms with E-state index in [0.29, 0.717) is 59.9 Å². The lowest BCUT2D eigenvalue weighted by molar-refractivity contribution is -0.139. The molecule has 0 saturated carbocycles. The number of carbonyl (C=O) groups is 2. The quantitative estimate of drug-likeness (QED) is 0.209. The van der Waals surface area contributed by atoms with E-state index in [1.54, 1.807) is 55.0 Å². The molecule has 5 rings (SSSR count). The Hall–Kier alpha value is -4.22. The lowest BCUT2D eigenvalue weighted by atomic mass is 9.94. The highest BCUT2D eigenvalue weighted by molar-refractivity contribution is 9.10. The van der Waals surface area contributed by atoms with Gasteiger partial charge in [-0.2, -0.15) is 0 Å². The highest BCUT2D eigenvalue weighted by Crippen LogP contribution is 2.36. The van der Waals surface area contributed by atoms with E-state index in [0.717, 1.165) is 17.5 Å². The van der Waals surface area contributed by atoms with Crippen LogP contribution >= 0.6 is 27.3 Å². The number of benzene rings is 2. The van der Waals surface area contributed by atoms with Crippen molar-refractivity contribution in [2.75, 3.05) is 20.8 Å². The predicted molar refractivity (Wildman–Crippen MR) is 171 cm³/mol. The molecule has 0 fully saturated rings. The van der Waals surface area contributed by atoms with Crippen molar-refractivity contribution in [1.82, 2.24) is 4.57 Å². The number of aromatic nitrogens is 1. The number of ether oxygens (including phenoxy) is 3. The first-order valence-corrected chi connectivity index (χ1v) is 15.7. The van der Waals surface area contributed by atoms with Gasteiger partial charge in [-0.05, 0) is 83.7 Å². The minimum atomic E-state index is -0.751. The van der Waals surface area contributed by atoms with Crippen molar-refractivity contribution < 1.29 is 28.2 Å².